The summed E-state index contributed by atoms with van der Waals surface area (Å²) in [6.07, 6.45) is 1.48. The molecule has 1 aliphatic rings. The number of hydrogen-bond donors (Lipinski definition) is 3. The van der Waals surface area contributed by atoms with E-state index in [1.807, 2.05) is 18.7 Å². The molecule has 1 atom stereocenters. The third-order valence-electron chi connectivity index (χ3n) is 3.43. The van der Waals surface area contributed by atoms with Crippen LogP contribution in [0.4, 0.5) is 0 Å². The van der Waals surface area contributed by atoms with Crippen LogP contribution in [0.5, 0.6) is 0 Å². The van der Waals surface area contributed by atoms with E-state index in [-0.39, 0.29) is 11.9 Å². The zero-order chi connectivity index (χ0) is 15.2. The van der Waals surface area contributed by atoms with E-state index in [0.717, 1.165) is 12.8 Å². The van der Waals surface area contributed by atoms with Crippen LogP contribution in [-0.4, -0.2) is 67.4 Å². The molecule has 0 aromatic heterocycles. The zero-order valence-corrected chi connectivity index (χ0v) is 12.9. The summed E-state index contributed by atoms with van der Waals surface area (Å²) in [7, 11) is -3.38. The minimum absolute atomic E-state index is 0.145. The third kappa shape index (κ3) is 4.30. The molecule has 0 saturated carbocycles. The van der Waals surface area contributed by atoms with E-state index in [1.54, 1.807) is 0 Å². The largest absolute Gasteiger partial charge is 0.409 e. The summed E-state index contributed by atoms with van der Waals surface area (Å²) in [5.74, 6) is 0.174. The van der Waals surface area contributed by atoms with E-state index >= 15 is 0 Å². The number of amidine groups is 1. The molecule has 9 heteroatoms. The van der Waals surface area contributed by atoms with Crippen LogP contribution in [0, 0.1) is 0 Å². The van der Waals surface area contributed by atoms with Crippen LogP contribution < -0.4 is 10.5 Å². The van der Waals surface area contributed by atoms with Crippen LogP contribution in [0.15, 0.2) is 5.16 Å². The van der Waals surface area contributed by atoms with Gasteiger partial charge in [0.2, 0.25) is 0 Å². The predicted octanol–water partition coefficient (Wildman–Crippen LogP) is -0.627. The summed E-state index contributed by atoms with van der Waals surface area (Å²) >= 11 is 0. The van der Waals surface area contributed by atoms with E-state index in [9.17, 15) is 8.42 Å². The standard InChI is InChI=1S/C11H25N5O3S/c1-3-5-13-20(18,19)16-8-6-15(7-9-16)10(4-2)11(12)14-17/h10,13,17H,3-9H2,1-2H3,(H2,12,14). The molecule has 0 amide bonds. The molecule has 0 aromatic rings. The van der Waals surface area contributed by atoms with Gasteiger partial charge in [0.1, 0.15) is 0 Å². The van der Waals surface area contributed by atoms with Crippen molar-refractivity contribution in [2.45, 2.75) is 32.7 Å². The van der Waals surface area contributed by atoms with Gasteiger partial charge in [-0.3, -0.25) is 4.90 Å². The Morgan fingerprint density at radius 2 is 1.95 bits per heavy atom. The van der Waals surface area contributed by atoms with E-state index in [4.69, 9.17) is 10.9 Å². The Balaban J connectivity index is 2.59. The summed E-state index contributed by atoms with van der Waals surface area (Å²) in [5.41, 5.74) is 5.66. The third-order valence-corrected chi connectivity index (χ3v) is 5.05. The van der Waals surface area contributed by atoms with Crippen molar-refractivity contribution in [1.29, 1.82) is 0 Å². The van der Waals surface area contributed by atoms with Gasteiger partial charge in [0.05, 0.1) is 6.04 Å². The molecule has 1 unspecified atom stereocenters. The Morgan fingerprint density at radius 1 is 1.35 bits per heavy atom. The Kier molecular flexibility index (Phi) is 6.66. The summed E-state index contributed by atoms with van der Waals surface area (Å²) in [5, 5.41) is 11.8. The number of nitrogens with two attached hydrogens (primary N) is 1. The summed E-state index contributed by atoms with van der Waals surface area (Å²) < 4.78 is 28.0. The van der Waals surface area contributed by atoms with Gasteiger partial charge < -0.3 is 10.9 Å². The number of oxime groups is 1. The van der Waals surface area contributed by atoms with Crippen LogP contribution >= 0.6 is 0 Å². The maximum atomic E-state index is 12.0. The fourth-order valence-corrected chi connectivity index (χ4v) is 3.59. The van der Waals surface area contributed by atoms with Crippen molar-refractivity contribution in [1.82, 2.24) is 13.9 Å². The van der Waals surface area contributed by atoms with Crippen molar-refractivity contribution >= 4 is 16.0 Å². The van der Waals surface area contributed by atoms with Crippen LogP contribution in [0.3, 0.4) is 0 Å². The van der Waals surface area contributed by atoms with E-state index in [2.05, 4.69) is 9.88 Å². The second kappa shape index (κ2) is 7.77. The number of hydrogen-bond acceptors (Lipinski definition) is 5. The average molecular weight is 307 g/mol. The van der Waals surface area contributed by atoms with Crippen molar-refractivity contribution in [2.24, 2.45) is 10.9 Å². The van der Waals surface area contributed by atoms with Gasteiger partial charge in [-0.2, -0.15) is 12.7 Å². The van der Waals surface area contributed by atoms with Crippen molar-refractivity contribution < 1.29 is 13.6 Å². The Bertz CT molecular complexity index is 418. The molecule has 0 aliphatic carbocycles. The van der Waals surface area contributed by atoms with Crippen molar-refractivity contribution in [2.75, 3.05) is 32.7 Å². The molecule has 20 heavy (non-hydrogen) atoms. The first kappa shape index (κ1) is 17.2. The highest BCUT2D eigenvalue weighted by atomic mass is 32.2. The molecular weight excluding hydrogens is 282 g/mol. The molecule has 1 heterocycles. The van der Waals surface area contributed by atoms with Gasteiger partial charge in [0, 0.05) is 32.7 Å². The number of rotatable bonds is 7. The lowest BCUT2D eigenvalue weighted by molar-refractivity contribution is 0.160. The van der Waals surface area contributed by atoms with Crippen LogP contribution in [0.25, 0.3) is 0 Å². The number of nitrogens with zero attached hydrogens (tertiary/aromatic N) is 3. The molecule has 0 bridgehead atoms. The zero-order valence-electron chi connectivity index (χ0n) is 12.1. The molecule has 1 saturated heterocycles. The lowest BCUT2D eigenvalue weighted by atomic mass is 10.1. The van der Waals surface area contributed by atoms with Crippen LogP contribution in [0.2, 0.25) is 0 Å². The smallest absolute Gasteiger partial charge is 0.279 e. The topological polar surface area (TPSA) is 111 Å². The fraction of sp³-hybridized carbons (Fsp3) is 0.909. The second-order valence-corrected chi connectivity index (χ2v) is 6.54. The van der Waals surface area contributed by atoms with Crippen LogP contribution in [-0.2, 0) is 10.2 Å². The minimum Gasteiger partial charge on any atom is -0.409 e. The first-order chi connectivity index (χ1) is 9.46. The summed E-state index contributed by atoms with van der Waals surface area (Å²) in [4.78, 5) is 2.04. The van der Waals surface area contributed by atoms with E-state index in [0.29, 0.717) is 32.7 Å². The first-order valence-corrected chi connectivity index (χ1v) is 8.36. The fourth-order valence-electron chi connectivity index (χ4n) is 2.30. The van der Waals surface area contributed by atoms with Crippen molar-refractivity contribution in [3.05, 3.63) is 0 Å². The Hall–Kier alpha value is -0.900. The van der Waals surface area contributed by atoms with Gasteiger partial charge in [-0.25, -0.2) is 4.72 Å². The first-order valence-electron chi connectivity index (χ1n) is 6.92. The number of nitrogens with one attached hydrogen (secondary N) is 1. The van der Waals surface area contributed by atoms with Crippen LogP contribution in [0.1, 0.15) is 26.7 Å². The maximum Gasteiger partial charge on any atom is 0.279 e. The molecule has 0 radical (unpaired) electrons. The molecule has 0 spiro atoms. The lowest BCUT2D eigenvalue weighted by Gasteiger charge is -2.37. The highest BCUT2D eigenvalue weighted by Gasteiger charge is 2.30. The normalized spacial score (nSPS) is 21.0. The van der Waals surface area contributed by atoms with Gasteiger partial charge in [-0.05, 0) is 12.8 Å². The molecule has 4 N–H and O–H groups in total. The SMILES string of the molecule is CCCNS(=O)(=O)N1CCN(C(CC)C(N)=NO)CC1. The molecule has 1 rings (SSSR count). The monoisotopic (exact) mass is 307 g/mol. The molecular formula is C11H25N5O3S. The Labute approximate surface area is 120 Å². The van der Waals surface area contributed by atoms with Crippen molar-refractivity contribution in [3.8, 4) is 0 Å². The molecule has 8 nitrogen and oxygen atoms in total. The van der Waals surface area contributed by atoms with E-state index < -0.39 is 10.2 Å². The van der Waals surface area contributed by atoms with Gasteiger partial charge >= 0.3 is 0 Å². The van der Waals surface area contributed by atoms with Gasteiger partial charge in [-0.15, -0.1) is 0 Å². The predicted molar refractivity (Wildman–Crippen MR) is 77.8 cm³/mol. The summed E-state index contributed by atoms with van der Waals surface area (Å²) in [6.45, 7) is 6.29. The Morgan fingerprint density at radius 3 is 2.40 bits per heavy atom. The molecule has 118 valence electrons. The molecule has 0 aromatic carbocycles. The molecule has 1 aliphatic heterocycles. The maximum absolute atomic E-state index is 12.0. The second-order valence-electron chi connectivity index (χ2n) is 4.78. The van der Waals surface area contributed by atoms with Gasteiger partial charge in [0.15, 0.2) is 5.84 Å². The minimum atomic E-state index is -3.38. The molecule has 1 fully saturated rings. The highest BCUT2D eigenvalue weighted by molar-refractivity contribution is 7.87. The average Bonchev–Trinajstić information content (AvgIpc) is 2.46. The van der Waals surface area contributed by atoms with Gasteiger partial charge in [-0.1, -0.05) is 19.0 Å². The summed E-state index contributed by atoms with van der Waals surface area (Å²) in [6, 6.07) is -0.145. The number of piperazine rings is 1. The van der Waals surface area contributed by atoms with E-state index in [1.165, 1.54) is 4.31 Å². The van der Waals surface area contributed by atoms with Crippen molar-refractivity contribution in [3.63, 3.8) is 0 Å². The quantitative estimate of drug-likeness (QED) is 0.251. The lowest BCUT2D eigenvalue weighted by Crippen LogP contribution is -2.56. The highest BCUT2D eigenvalue weighted by Crippen LogP contribution is 2.11. The van der Waals surface area contributed by atoms with Gasteiger partial charge in [0.25, 0.3) is 10.2 Å².